The van der Waals surface area contributed by atoms with E-state index in [0.717, 1.165) is 45.7 Å². The van der Waals surface area contributed by atoms with Crippen molar-refractivity contribution in [2.24, 2.45) is 10.7 Å². The fraction of sp³-hybridized carbons (Fsp3) is 0.261. The number of halogens is 1. The van der Waals surface area contributed by atoms with Crippen molar-refractivity contribution >= 4 is 34.2 Å². The van der Waals surface area contributed by atoms with Gasteiger partial charge in [-0.15, -0.1) is 11.3 Å². The van der Waals surface area contributed by atoms with Crippen molar-refractivity contribution < 1.29 is 0 Å². The van der Waals surface area contributed by atoms with Crippen LogP contribution in [-0.4, -0.2) is 24.2 Å². The number of fused-ring (bicyclic) bond motifs is 1. The van der Waals surface area contributed by atoms with Crippen LogP contribution in [0.1, 0.15) is 41.3 Å². The predicted molar refractivity (Wildman–Crippen MR) is 123 cm³/mol. The van der Waals surface area contributed by atoms with Crippen LogP contribution < -0.4 is 5.73 Å². The highest BCUT2D eigenvalue weighted by atomic mass is 35.5. The van der Waals surface area contributed by atoms with Gasteiger partial charge in [-0.3, -0.25) is 4.99 Å². The fourth-order valence-corrected chi connectivity index (χ4v) is 5.19. The zero-order valence-electron chi connectivity index (χ0n) is 16.6. The number of allylic oxidation sites excluding steroid dienone is 3. The van der Waals surface area contributed by atoms with Gasteiger partial charge in [-0.1, -0.05) is 49.0 Å². The minimum atomic E-state index is 0.166. The Hall–Kier alpha value is -2.30. The van der Waals surface area contributed by atoms with Gasteiger partial charge < -0.3 is 10.6 Å². The second-order valence-corrected chi connectivity index (χ2v) is 8.78. The van der Waals surface area contributed by atoms with Crippen LogP contribution in [0.25, 0.3) is 5.57 Å². The molecule has 1 aromatic heterocycles. The molecule has 3 nitrogen and oxygen atoms in total. The lowest BCUT2D eigenvalue weighted by atomic mass is 9.82. The van der Waals surface area contributed by atoms with Crippen molar-refractivity contribution in [3.8, 4) is 0 Å². The molecule has 1 aliphatic rings. The second-order valence-electron chi connectivity index (χ2n) is 7.01. The number of nitrogens with zero attached hydrogens (tertiary/aromatic N) is 2. The summed E-state index contributed by atoms with van der Waals surface area (Å²) >= 11 is 8.04. The monoisotopic (exact) mass is 411 g/mol. The first-order chi connectivity index (χ1) is 13.4. The van der Waals surface area contributed by atoms with Crippen LogP contribution in [0.5, 0.6) is 0 Å². The summed E-state index contributed by atoms with van der Waals surface area (Å²) in [4.78, 5) is 7.94. The van der Waals surface area contributed by atoms with Crippen molar-refractivity contribution in [1.82, 2.24) is 4.90 Å². The van der Waals surface area contributed by atoms with Gasteiger partial charge in [-0.2, -0.15) is 0 Å². The summed E-state index contributed by atoms with van der Waals surface area (Å²) in [6.45, 7) is 13.6. The smallest absolute Gasteiger partial charge is 0.0934 e. The summed E-state index contributed by atoms with van der Waals surface area (Å²) in [6.07, 6.45) is 1.81. The van der Waals surface area contributed by atoms with Gasteiger partial charge in [0.15, 0.2) is 0 Å². The summed E-state index contributed by atoms with van der Waals surface area (Å²) in [7, 11) is 1.80. The molecule has 146 valence electrons. The van der Waals surface area contributed by atoms with E-state index in [1.807, 2.05) is 19.9 Å². The van der Waals surface area contributed by atoms with E-state index in [1.165, 1.54) is 16.0 Å². The highest BCUT2D eigenvalue weighted by Crippen LogP contribution is 2.43. The summed E-state index contributed by atoms with van der Waals surface area (Å²) in [6, 6.07) is 10.5. The Kier molecular flexibility index (Phi) is 6.11. The number of nitrogens with two attached hydrogens (primary N) is 1. The van der Waals surface area contributed by atoms with E-state index in [2.05, 4.69) is 53.4 Å². The van der Waals surface area contributed by atoms with Crippen molar-refractivity contribution in [2.75, 3.05) is 13.6 Å². The molecule has 0 saturated heterocycles. The first-order valence-corrected chi connectivity index (χ1v) is 10.4. The minimum Gasteiger partial charge on any atom is -0.402 e. The first kappa shape index (κ1) is 20.4. The number of hydrogen-bond acceptors (Lipinski definition) is 4. The van der Waals surface area contributed by atoms with E-state index in [0.29, 0.717) is 0 Å². The molecule has 0 spiro atoms. The third-order valence-electron chi connectivity index (χ3n) is 5.26. The average molecular weight is 412 g/mol. The molecule has 0 aliphatic carbocycles. The molecule has 0 saturated carbocycles. The lowest BCUT2D eigenvalue weighted by Gasteiger charge is -2.36. The van der Waals surface area contributed by atoms with E-state index in [-0.39, 0.29) is 5.92 Å². The molecular formula is C23H26ClN3S. The SMILES string of the molecule is C=CC(=C)N1Cc2sc(Cl)cc2C(c2ccccc2/C(C(C)=NC)=C(\C)N)C1. The van der Waals surface area contributed by atoms with Crippen LogP contribution >= 0.6 is 22.9 Å². The maximum absolute atomic E-state index is 6.40. The van der Waals surface area contributed by atoms with Crippen LogP contribution in [0, 0.1) is 0 Å². The van der Waals surface area contributed by atoms with Gasteiger partial charge in [-0.25, -0.2) is 0 Å². The molecule has 2 aromatic rings. The van der Waals surface area contributed by atoms with Crippen LogP contribution in [-0.2, 0) is 6.54 Å². The number of rotatable bonds is 5. The number of hydrogen-bond donors (Lipinski definition) is 1. The minimum absolute atomic E-state index is 0.166. The summed E-state index contributed by atoms with van der Waals surface area (Å²) in [5, 5.41) is 0. The van der Waals surface area contributed by atoms with E-state index >= 15 is 0 Å². The molecule has 3 rings (SSSR count). The maximum Gasteiger partial charge on any atom is 0.0934 e. The Morgan fingerprint density at radius 1 is 1.32 bits per heavy atom. The third kappa shape index (κ3) is 3.80. The zero-order valence-corrected chi connectivity index (χ0v) is 18.2. The average Bonchev–Trinajstić information content (AvgIpc) is 3.06. The first-order valence-electron chi connectivity index (χ1n) is 9.21. The lowest BCUT2D eigenvalue weighted by molar-refractivity contribution is 0.319. The molecule has 28 heavy (non-hydrogen) atoms. The van der Waals surface area contributed by atoms with E-state index < -0.39 is 0 Å². The fourth-order valence-electron chi connectivity index (χ4n) is 3.83. The maximum atomic E-state index is 6.40. The standard InChI is InChI=1S/C23H26ClN3S/c1-6-14(2)27-12-20(19-11-22(24)28-21(19)13-27)17-9-7-8-10-18(17)23(15(3)25)16(4)26-5/h6-11,20H,1-2,12-13,25H2,3-5H3/b23-15+,26-16?. The Morgan fingerprint density at radius 3 is 2.68 bits per heavy atom. The van der Waals surface area contributed by atoms with Gasteiger partial charge in [0.2, 0.25) is 0 Å². The van der Waals surface area contributed by atoms with E-state index in [4.69, 9.17) is 17.3 Å². The number of aliphatic imine (C=N–C) groups is 1. The molecular weight excluding hydrogens is 386 g/mol. The van der Waals surface area contributed by atoms with Crippen LogP contribution in [0.3, 0.4) is 0 Å². The molecule has 1 aromatic carbocycles. The van der Waals surface area contributed by atoms with Crippen LogP contribution in [0.2, 0.25) is 4.34 Å². The third-order valence-corrected chi connectivity index (χ3v) is 6.53. The van der Waals surface area contributed by atoms with Crippen LogP contribution in [0.4, 0.5) is 0 Å². The van der Waals surface area contributed by atoms with Gasteiger partial charge in [0, 0.05) is 47.1 Å². The topological polar surface area (TPSA) is 41.6 Å². The zero-order chi connectivity index (χ0) is 20.4. The molecule has 1 unspecified atom stereocenters. The van der Waals surface area contributed by atoms with Gasteiger partial charge in [0.05, 0.1) is 10.9 Å². The number of thiophene rings is 1. The van der Waals surface area contributed by atoms with Crippen molar-refractivity contribution in [3.63, 3.8) is 0 Å². The van der Waals surface area contributed by atoms with E-state index in [9.17, 15) is 0 Å². The Bertz CT molecular complexity index is 979. The molecule has 5 heteroatoms. The highest BCUT2D eigenvalue weighted by Gasteiger charge is 2.31. The lowest BCUT2D eigenvalue weighted by Crippen LogP contribution is -2.32. The van der Waals surface area contributed by atoms with E-state index in [1.54, 1.807) is 18.4 Å². The summed E-state index contributed by atoms with van der Waals surface area (Å²) in [5.41, 5.74) is 13.5. The Morgan fingerprint density at radius 2 is 2.04 bits per heavy atom. The summed E-state index contributed by atoms with van der Waals surface area (Å²) in [5.74, 6) is 0.166. The van der Waals surface area contributed by atoms with Gasteiger partial charge in [0.1, 0.15) is 0 Å². The predicted octanol–water partition coefficient (Wildman–Crippen LogP) is 5.83. The molecule has 0 radical (unpaired) electrons. The van der Waals surface area contributed by atoms with Crippen molar-refractivity contribution in [3.05, 3.63) is 86.9 Å². The molecule has 2 N–H and O–H groups in total. The highest BCUT2D eigenvalue weighted by molar-refractivity contribution is 7.16. The van der Waals surface area contributed by atoms with Gasteiger partial charge >= 0.3 is 0 Å². The van der Waals surface area contributed by atoms with Gasteiger partial charge in [0.25, 0.3) is 0 Å². The molecule has 0 amide bonds. The molecule has 1 aliphatic heterocycles. The molecule has 1 atom stereocenters. The summed E-state index contributed by atoms with van der Waals surface area (Å²) < 4.78 is 0.815. The van der Waals surface area contributed by atoms with Crippen molar-refractivity contribution in [1.29, 1.82) is 0 Å². The molecule has 0 fully saturated rings. The Balaban J connectivity index is 2.19. The second kappa shape index (κ2) is 8.38. The van der Waals surface area contributed by atoms with Gasteiger partial charge in [-0.05, 0) is 42.7 Å². The number of benzene rings is 1. The van der Waals surface area contributed by atoms with Crippen molar-refractivity contribution in [2.45, 2.75) is 26.3 Å². The normalized spacial score (nSPS) is 17.8. The largest absolute Gasteiger partial charge is 0.402 e. The quantitative estimate of drug-likeness (QED) is 0.496. The molecule has 2 heterocycles. The Labute approximate surface area is 176 Å². The van der Waals surface area contributed by atoms with Crippen LogP contribution in [0.15, 0.2) is 66.0 Å². The molecule has 0 bridgehead atoms.